The van der Waals surface area contributed by atoms with Gasteiger partial charge >= 0.3 is 0 Å². The SMILES string of the molecule is CCN(c1nc(-c2noc3c2CCC[C@@]32CCCc3sc(N)c(C#N)c32)nc2c1cnn2[C@@H](C)[C@@H]1CCCN1)[C@H](C)c1cccnc1N. The predicted octanol–water partition coefficient (Wildman–Crippen LogP) is 5.83. The zero-order valence-electron chi connectivity index (χ0n) is 27.7. The fourth-order valence-electron chi connectivity index (χ4n) is 8.60. The zero-order valence-corrected chi connectivity index (χ0v) is 28.5. The standard InChI is InChI=1S/C35H41N11OS/c1-4-45(19(2)21-10-7-16-40-30(21)37)33-24-18-41-46(20(3)25-11-8-15-39-25)34(24)43-32(42-33)28-22-9-5-13-35(29(22)47-44-28)14-6-12-26-27(35)23(17-36)31(38)48-26/h7,10,16,18-20,25,39H,4-6,8-9,11-15,38H2,1-3H3,(H2,37,40)/t19-,20+,25+,35+/m1/s1. The Balaban J connectivity index is 1.31. The van der Waals surface area contributed by atoms with Crippen molar-refractivity contribution in [1.29, 1.82) is 5.26 Å². The van der Waals surface area contributed by atoms with E-state index in [-0.39, 0.29) is 12.1 Å². The minimum Gasteiger partial charge on any atom is -0.389 e. The van der Waals surface area contributed by atoms with E-state index in [1.165, 1.54) is 4.88 Å². The van der Waals surface area contributed by atoms with Gasteiger partial charge in [-0.1, -0.05) is 11.2 Å². The van der Waals surface area contributed by atoms with Crippen molar-refractivity contribution in [3.8, 4) is 17.6 Å². The van der Waals surface area contributed by atoms with Crippen LogP contribution in [0.1, 0.15) is 104 Å². The molecule has 1 spiro atoms. The van der Waals surface area contributed by atoms with Crippen LogP contribution in [0.4, 0.5) is 16.6 Å². The summed E-state index contributed by atoms with van der Waals surface area (Å²) in [6, 6.07) is 6.63. The first-order valence-electron chi connectivity index (χ1n) is 17.1. The smallest absolute Gasteiger partial charge is 0.186 e. The summed E-state index contributed by atoms with van der Waals surface area (Å²) in [7, 11) is 0. The van der Waals surface area contributed by atoms with Crippen LogP contribution in [-0.2, 0) is 18.3 Å². The number of rotatable bonds is 7. The number of nitrogens with two attached hydrogens (primary N) is 2. The van der Waals surface area contributed by atoms with Gasteiger partial charge in [0, 0.05) is 34.8 Å². The van der Waals surface area contributed by atoms with Crippen LogP contribution in [0.5, 0.6) is 0 Å². The van der Waals surface area contributed by atoms with Gasteiger partial charge in [-0.3, -0.25) is 0 Å². The third-order valence-electron chi connectivity index (χ3n) is 11.0. The van der Waals surface area contributed by atoms with Crippen molar-refractivity contribution in [1.82, 2.24) is 35.2 Å². The molecule has 0 aromatic carbocycles. The quantitative estimate of drug-likeness (QED) is 0.191. The normalized spacial score (nSPS) is 21.6. The van der Waals surface area contributed by atoms with Gasteiger partial charge in [0.25, 0.3) is 0 Å². The van der Waals surface area contributed by atoms with E-state index in [1.807, 2.05) is 23.0 Å². The molecule has 1 saturated heterocycles. The van der Waals surface area contributed by atoms with Crippen LogP contribution in [0.3, 0.4) is 0 Å². The predicted molar refractivity (Wildman–Crippen MR) is 187 cm³/mol. The van der Waals surface area contributed by atoms with Crippen molar-refractivity contribution in [2.45, 2.75) is 95.7 Å². The van der Waals surface area contributed by atoms with Crippen molar-refractivity contribution < 1.29 is 4.52 Å². The van der Waals surface area contributed by atoms with E-state index in [0.717, 1.165) is 97.2 Å². The number of anilines is 3. The molecule has 13 heteroatoms. The van der Waals surface area contributed by atoms with Crippen LogP contribution in [0.25, 0.3) is 22.6 Å². The molecule has 2 aliphatic carbocycles. The molecular formula is C35H41N11OS. The Morgan fingerprint density at radius 2 is 2.04 bits per heavy atom. The van der Waals surface area contributed by atoms with Gasteiger partial charge in [0.2, 0.25) is 0 Å². The number of nitrogen functional groups attached to an aromatic ring is 2. The molecule has 6 heterocycles. The Bertz CT molecular complexity index is 2050. The van der Waals surface area contributed by atoms with Gasteiger partial charge < -0.3 is 26.2 Å². The summed E-state index contributed by atoms with van der Waals surface area (Å²) in [5.74, 6) is 2.62. The highest BCUT2D eigenvalue weighted by Crippen LogP contribution is 2.55. The van der Waals surface area contributed by atoms with E-state index in [9.17, 15) is 5.26 Å². The van der Waals surface area contributed by atoms with Gasteiger partial charge in [0.05, 0.1) is 34.6 Å². The van der Waals surface area contributed by atoms with E-state index in [1.54, 1.807) is 17.5 Å². The first kappa shape index (κ1) is 30.8. The summed E-state index contributed by atoms with van der Waals surface area (Å²) >= 11 is 1.55. The molecule has 8 rings (SSSR count). The van der Waals surface area contributed by atoms with Gasteiger partial charge in [-0.2, -0.15) is 10.4 Å². The van der Waals surface area contributed by atoms with Gasteiger partial charge in [-0.15, -0.1) is 11.3 Å². The molecule has 0 saturated carbocycles. The molecule has 0 unspecified atom stereocenters. The molecule has 3 aliphatic rings. The summed E-state index contributed by atoms with van der Waals surface area (Å²) in [4.78, 5) is 18.3. The molecule has 12 nitrogen and oxygen atoms in total. The monoisotopic (exact) mass is 663 g/mol. The summed E-state index contributed by atoms with van der Waals surface area (Å²) in [6.07, 6.45) is 11.3. The largest absolute Gasteiger partial charge is 0.389 e. The van der Waals surface area contributed by atoms with Gasteiger partial charge in [-0.05, 0) is 90.3 Å². The summed E-state index contributed by atoms with van der Waals surface area (Å²) in [6.45, 7) is 8.13. The Labute approximate surface area is 283 Å². The lowest BCUT2D eigenvalue weighted by Gasteiger charge is -2.39. The Morgan fingerprint density at radius 3 is 2.79 bits per heavy atom. The molecule has 4 atom stereocenters. The molecule has 5 aromatic heterocycles. The summed E-state index contributed by atoms with van der Waals surface area (Å²) < 4.78 is 8.41. The molecule has 5 N–H and O–H groups in total. The lowest BCUT2D eigenvalue weighted by Crippen LogP contribution is -2.35. The second-order valence-electron chi connectivity index (χ2n) is 13.5. The summed E-state index contributed by atoms with van der Waals surface area (Å²) in [5, 5.41) is 24.9. The minimum atomic E-state index is -0.426. The highest BCUT2D eigenvalue weighted by atomic mass is 32.1. The number of nitrogens with one attached hydrogen (secondary N) is 1. The topological polar surface area (TPSA) is 174 Å². The minimum absolute atomic E-state index is 0.0886. The molecule has 0 radical (unpaired) electrons. The first-order chi connectivity index (χ1) is 23.4. The number of aromatic nitrogens is 6. The lowest BCUT2D eigenvalue weighted by atomic mass is 9.63. The fraction of sp³-hybridized carbons (Fsp3) is 0.486. The number of hydrogen-bond donors (Lipinski definition) is 3. The maximum Gasteiger partial charge on any atom is 0.186 e. The maximum absolute atomic E-state index is 10.2. The van der Waals surface area contributed by atoms with Crippen LogP contribution < -0.4 is 21.7 Å². The molecule has 1 aliphatic heterocycles. The van der Waals surface area contributed by atoms with Crippen molar-refractivity contribution in [3.05, 3.63) is 57.4 Å². The van der Waals surface area contributed by atoms with Crippen LogP contribution in [0.15, 0.2) is 29.0 Å². The molecule has 1 fully saturated rings. The van der Waals surface area contributed by atoms with Crippen LogP contribution in [0, 0.1) is 11.3 Å². The van der Waals surface area contributed by atoms with E-state index in [4.69, 9.17) is 36.2 Å². The zero-order chi connectivity index (χ0) is 33.2. The highest BCUT2D eigenvalue weighted by molar-refractivity contribution is 7.16. The Morgan fingerprint density at radius 1 is 1.21 bits per heavy atom. The van der Waals surface area contributed by atoms with Crippen LogP contribution in [0.2, 0.25) is 0 Å². The second-order valence-corrected chi connectivity index (χ2v) is 14.6. The average molecular weight is 664 g/mol. The number of hydrogen-bond acceptors (Lipinski definition) is 12. The Hall–Kier alpha value is -4.54. The van der Waals surface area contributed by atoms with Gasteiger partial charge in [0.1, 0.15) is 22.7 Å². The van der Waals surface area contributed by atoms with Crippen molar-refractivity contribution >= 4 is 39.0 Å². The van der Waals surface area contributed by atoms with E-state index < -0.39 is 5.41 Å². The lowest BCUT2D eigenvalue weighted by molar-refractivity contribution is 0.265. The molecule has 48 heavy (non-hydrogen) atoms. The van der Waals surface area contributed by atoms with E-state index in [2.05, 4.69) is 42.0 Å². The molecule has 248 valence electrons. The van der Waals surface area contributed by atoms with Crippen LogP contribution in [-0.4, -0.2) is 49.0 Å². The number of aryl methyl sites for hydroxylation is 1. The number of nitrogens with zero attached hydrogens (tertiary/aromatic N) is 8. The third kappa shape index (κ3) is 4.60. The highest BCUT2D eigenvalue weighted by Gasteiger charge is 2.49. The van der Waals surface area contributed by atoms with E-state index in [0.29, 0.717) is 40.5 Å². The van der Waals surface area contributed by atoms with Crippen molar-refractivity contribution in [2.24, 2.45) is 0 Å². The van der Waals surface area contributed by atoms with Gasteiger partial charge in [-0.25, -0.2) is 19.6 Å². The number of nitriles is 1. The molecule has 5 aromatic rings. The third-order valence-corrected chi connectivity index (χ3v) is 12.1. The number of thiophene rings is 1. The number of pyridine rings is 1. The first-order valence-corrected chi connectivity index (χ1v) is 17.9. The Kier molecular flexibility index (Phi) is 7.60. The average Bonchev–Trinajstić information content (AvgIpc) is 3.91. The second kappa shape index (κ2) is 11.9. The van der Waals surface area contributed by atoms with Crippen molar-refractivity contribution in [2.75, 3.05) is 29.5 Å². The maximum atomic E-state index is 10.2. The van der Waals surface area contributed by atoms with Gasteiger partial charge in [0.15, 0.2) is 22.9 Å². The fourth-order valence-corrected chi connectivity index (χ4v) is 9.76. The molecular weight excluding hydrogens is 623 g/mol. The molecule has 0 bridgehead atoms. The molecule has 0 amide bonds. The number of fused-ring (bicyclic) bond motifs is 5. The summed E-state index contributed by atoms with van der Waals surface area (Å²) in [5.41, 5.74) is 17.4. The van der Waals surface area contributed by atoms with Crippen LogP contribution >= 0.6 is 11.3 Å². The van der Waals surface area contributed by atoms with Crippen molar-refractivity contribution in [3.63, 3.8) is 0 Å². The van der Waals surface area contributed by atoms with E-state index >= 15 is 0 Å².